The van der Waals surface area contributed by atoms with E-state index < -0.39 is 0 Å². The molecule has 0 fully saturated rings. The lowest BCUT2D eigenvalue weighted by atomic mass is 10.0. The number of carbonyl (C=O) groups excluding carboxylic acids is 1. The molecule has 1 rings (SSSR count). The molecule has 2 nitrogen and oxygen atoms in total. The molecule has 0 bridgehead atoms. The first kappa shape index (κ1) is 14.5. The Bertz CT molecular complexity index is 395. The number of carbonyl (C=O) groups is 1. The molecule has 0 aliphatic heterocycles. The summed E-state index contributed by atoms with van der Waals surface area (Å²) in [6.07, 6.45) is 4.14. The normalized spacial score (nSPS) is 13.2. The molecule has 0 saturated carbocycles. The number of hydrogen-bond acceptors (Lipinski definition) is 2. The minimum atomic E-state index is 0.177. The quantitative estimate of drug-likeness (QED) is 0.734. The number of nitrogens with one attached hydrogen (secondary N) is 1. The molecule has 1 aromatic carbocycles. The Morgan fingerprint density at radius 2 is 1.94 bits per heavy atom. The van der Waals surface area contributed by atoms with E-state index in [1.807, 2.05) is 25.1 Å². The van der Waals surface area contributed by atoms with Crippen LogP contribution in [-0.2, 0) is 4.79 Å². The van der Waals surface area contributed by atoms with E-state index in [2.05, 4.69) is 30.4 Å². The number of ketones is 1. The average Bonchev–Trinajstić information content (AvgIpc) is 2.37. The minimum absolute atomic E-state index is 0.177. The lowest BCUT2D eigenvalue weighted by Gasteiger charge is -2.08. The van der Waals surface area contributed by atoms with Gasteiger partial charge in [-0.2, -0.15) is 0 Å². The maximum Gasteiger partial charge on any atom is 0.132 e. The molecule has 2 heteroatoms. The second kappa shape index (κ2) is 7.70. The second-order valence-corrected chi connectivity index (χ2v) is 4.86. The molecule has 1 N–H and O–H groups in total. The van der Waals surface area contributed by atoms with Crippen molar-refractivity contribution in [1.82, 2.24) is 0 Å². The Kier molecular flexibility index (Phi) is 6.20. The first-order valence-corrected chi connectivity index (χ1v) is 6.54. The first-order chi connectivity index (χ1) is 8.59. The number of rotatable bonds is 7. The van der Waals surface area contributed by atoms with E-state index in [0.29, 0.717) is 0 Å². The van der Waals surface area contributed by atoms with Crippen LogP contribution in [0.4, 0.5) is 5.69 Å². The summed E-state index contributed by atoms with van der Waals surface area (Å²) in [7, 11) is 0. The molecule has 0 aromatic heterocycles. The smallest absolute Gasteiger partial charge is 0.132 e. The van der Waals surface area contributed by atoms with Gasteiger partial charge in [-0.15, -0.1) is 0 Å². The summed E-state index contributed by atoms with van der Waals surface area (Å²) < 4.78 is 0. The lowest BCUT2D eigenvalue weighted by molar-refractivity contribution is -0.120. The molecule has 98 valence electrons. The summed E-state index contributed by atoms with van der Waals surface area (Å²) in [6, 6.07) is 10.2. The highest BCUT2D eigenvalue weighted by Crippen LogP contribution is 2.10. The summed E-state index contributed by atoms with van der Waals surface area (Å²) in [4.78, 5) is 11.1. The third-order valence-electron chi connectivity index (χ3n) is 3.13. The van der Waals surface area contributed by atoms with Gasteiger partial charge in [0.05, 0.1) is 0 Å². The molecule has 0 saturated heterocycles. The van der Waals surface area contributed by atoms with Crippen molar-refractivity contribution in [3.8, 4) is 0 Å². The van der Waals surface area contributed by atoms with Crippen LogP contribution in [0.2, 0.25) is 0 Å². The molecule has 1 atom stereocenters. The molecular weight excluding hydrogens is 222 g/mol. The van der Waals surface area contributed by atoms with Crippen LogP contribution >= 0.6 is 0 Å². The van der Waals surface area contributed by atoms with Crippen LogP contribution in [-0.4, -0.2) is 12.3 Å². The molecule has 1 aromatic rings. The van der Waals surface area contributed by atoms with E-state index in [9.17, 15) is 4.79 Å². The molecule has 0 aliphatic carbocycles. The third-order valence-corrected chi connectivity index (χ3v) is 3.13. The number of para-hydroxylation sites is 1. The molecule has 18 heavy (non-hydrogen) atoms. The molecule has 1 unspecified atom stereocenters. The van der Waals surface area contributed by atoms with Gasteiger partial charge in [-0.1, -0.05) is 36.8 Å². The van der Waals surface area contributed by atoms with Crippen LogP contribution in [0.1, 0.15) is 33.6 Å². The van der Waals surface area contributed by atoms with Crippen molar-refractivity contribution in [2.45, 2.75) is 33.6 Å². The fourth-order valence-electron chi connectivity index (χ4n) is 1.65. The number of anilines is 1. The van der Waals surface area contributed by atoms with Crippen LogP contribution in [0.3, 0.4) is 0 Å². The topological polar surface area (TPSA) is 29.1 Å². The van der Waals surface area contributed by atoms with E-state index in [1.165, 1.54) is 5.57 Å². The fraction of sp³-hybridized carbons (Fsp3) is 0.438. The van der Waals surface area contributed by atoms with E-state index in [1.54, 1.807) is 6.92 Å². The van der Waals surface area contributed by atoms with Crippen LogP contribution in [0.15, 0.2) is 42.0 Å². The average molecular weight is 245 g/mol. The van der Waals surface area contributed by atoms with Gasteiger partial charge in [0.1, 0.15) is 5.78 Å². The van der Waals surface area contributed by atoms with Gasteiger partial charge in [0, 0.05) is 18.2 Å². The van der Waals surface area contributed by atoms with Crippen molar-refractivity contribution in [2.24, 2.45) is 5.92 Å². The van der Waals surface area contributed by atoms with Gasteiger partial charge in [0.2, 0.25) is 0 Å². The zero-order valence-corrected chi connectivity index (χ0v) is 11.6. The van der Waals surface area contributed by atoms with Gasteiger partial charge in [-0.05, 0) is 38.8 Å². The van der Waals surface area contributed by atoms with Crippen LogP contribution in [0.5, 0.6) is 0 Å². The predicted molar refractivity (Wildman–Crippen MR) is 77.8 cm³/mol. The summed E-state index contributed by atoms with van der Waals surface area (Å²) >= 11 is 0. The van der Waals surface area contributed by atoms with Crippen LogP contribution in [0.25, 0.3) is 0 Å². The number of benzene rings is 1. The van der Waals surface area contributed by atoms with E-state index in [0.717, 1.165) is 25.1 Å². The monoisotopic (exact) mass is 245 g/mol. The fourth-order valence-corrected chi connectivity index (χ4v) is 1.65. The standard InChI is InChI=1S/C16H23NO/c1-13(8-7-9-14(2)15(3)18)12-17-16-10-5-4-6-11-16/h4-6,8,10-11,14,17H,7,9,12H2,1-3H3. The van der Waals surface area contributed by atoms with Crippen molar-refractivity contribution in [3.63, 3.8) is 0 Å². The number of Topliss-reactive ketones (excluding diaryl/α,β-unsaturated/α-hetero) is 1. The lowest BCUT2D eigenvalue weighted by Crippen LogP contribution is -2.06. The van der Waals surface area contributed by atoms with Gasteiger partial charge in [-0.3, -0.25) is 4.79 Å². The van der Waals surface area contributed by atoms with Crippen molar-refractivity contribution in [3.05, 3.63) is 42.0 Å². The first-order valence-electron chi connectivity index (χ1n) is 6.54. The third kappa shape index (κ3) is 5.67. The van der Waals surface area contributed by atoms with E-state index in [4.69, 9.17) is 0 Å². The molecule has 0 aliphatic rings. The van der Waals surface area contributed by atoms with Crippen molar-refractivity contribution in [1.29, 1.82) is 0 Å². The summed E-state index contributed by atoms with van der Waals surface area (Å²) in [5.41, 5.74) is 2.46. The Hall–Kier alpha value is -1.57. The molecule has 0 heterocycles. The van der Waals surface area contributed by atoms with Crippen LogP contribution < -0.4 is 5.32 Å². The Balaban J connectivity index is 2.28. The van der Waals surface area contributed by atoms with Gasteiger partial charge < -0.3 is 5.32 Å². The van der Waals surface area contributed by atoms with Crippen molar-refractivity contribution in [2.75, 3.05) is 11.9 Å². The highest BCUT2D eigenvalue weighted by Gasteiger charge is 2.05. The Morgan fingerprint density at radius 1 is 1.28 bits per heavy atom. The highest BCUT2D eigenvalue weighted by atomic mass is 16.1. The summed E-state index contributed by atoms with van der Waals surface area (Å²) in [5.74, 6) is 0.458. The van der Waals surface area contributed by atoms with Crippen molar-refractivity contribution >= 4 is 11.5 Å². The largest absolute Gasteiger partial charge is 0.381 e. The van der Waals surface area contributed by atoms with Crippen molar-refractivity contribution < 1.29 is 4.79 Å². The highest BCUT2D eigenvalue weighted by molar-refractivity contribution is 5.77. The summed E-state index contributed by atoms with van der Waals surface area (Å²) in [6.45, 7) is 6.64. The van der Waals surface area contributed by atoms with Gasteiger partial charge in [0.25, 0.3) is 0 Å². The predicted octanol–water partition coefficient (Wildman–Crippen LogP) is 4.05. The van der Waals surface area contributed by atoms with E-state index >= 15 is 0 Å². The maximum absolute atomic E-state index is 11.1. The zero-order chi connectivity index (χ0) is 13.4. The number of hydrogen-bond donors (Lipinski definition) is 1. The Morgan fingerprint density at radius 3 is 2.56 bits per heavy atom. The molecule has 0 radical (unpaired) electrons. The zero-order valence-electron chi connectivity index (χ0n) is 11.6. The Labute approximate surface area is 110 Å². The maximum atomic E-state index is 11.1. The van der Waals surface area contributed by atoms with Gasteiger partial charge in [0.15, 0.2) is 0 Å². The SMILES string of the molecule is CC(=O)C(C)CCC=C(C)CNc1ccccc1. The molecule has 0 amide bonds. The molecule has 0 spiro atoms. The minimum Gasteiger partial charge on any atom is -0.381 e. The second-order valence-electron chi connectivity index (χ2n) is 4.86. The van der Waals surface area contributed by atoms with Gasteiger partial charge in [-0.25, -0.2) is 0 Å². The number of allylic oxidation sites excluding steroid dienone is 1. The van der Waals surface area contributed by atoms with Crippen LogP contribution in [0, 0.1) is 5.92 Å². The summed E-state index contributed by atoms with van der Waals surface area (Å²) in [5, 5.41) is 3.37. The van der Waals surface area contributed by atoms with Gasteiger partial charge >= 0.3 is 0 Å². The molecular formula is C16H23NO. The van der Waals surface area contributed by atoms with E-state index in [-0.39, 0.29) is 11.7 Å².